The largest absolute Gasteiger partial charge is 1.00 e. The van der Waals surface area contributed by atoms with Crippen molar-refractivity contribution in [3.05, 3.63) is 47.5 Å². The van der Waals surface area contributed by atoms with Gasteiger partial charge in [-0.05, 0) is 50.7 Å². The summed E-state index contributed by atoms with van der Waals surface area (Å²) in [7, 11) is 0. The van der Waals surface area contributed by atoms with Crippen LogP contribution in [0.1, 0.15) is 83.6 Å². The number of benzene rings is 1. The Kier molecular flexibility index (Phi) is 14.6. The molecule has 0 saturated carbocycles. The lowest BCUT2D eigenvalue weighted by Gasteiger charge is -2.40. The highest BCUT2D eigenvalue weighted by Crippen LogP contribution is 2.20. The molecule has 0 amide bonds. The van der Waals surface area contributed by atoms with Crippen LogP contribution in [0.5, 0.6) is 0 Å². The first-order valence-corrected chi connectivity index (χ1v) is 12.3. The lowest BCUT2D eigenvalue weighted by molar-refractivity contribution is -0.920. The summed E-state index contributed by atoms with van der Waals surface area (Å²) in [5.41, 5.74) is 2.74. The summed E-state index contributed by atoms with van der Waals surface area (Å²) in [5.74, 6) is -0.00278. The van der Waals surface area contributed by atoms with Gasteiger partial charge in [-0.15, -0.1) is 0 Å². The average Bonchev–Trinajstić information content (AvgIpc) is 2.76. The maximum absolute atomic E-state index is 12.6. The fourth-order valence-electron chi connectivity index (χ4n) is 4.49. The van der Waals surface area contributed by atoms with Crippen molar-refractivity contribution in [1.82, 2.24) is 0 Å². The van der Waals surface area contributed by atoms with Gasteiger partial charge in [0.05, 0.1) is 26.2 Å². The summed E-state index contributed by atoms with van der Waals surface area (Å²) < 4.78 is 6.50. The van der Waals surface area contributed by atoms with E-state index in [-0.39, 0.29) is 18.4 Å². The Morgan fingerprint density at radius 2 is 1.61 bits per heavy atom. The molecular weight excluding hydrogens is 406 g/mol. The minimum atomic E-state index is -0.00278. The predicted octanol–water partition coefficient (Wildman–Crippen LogP) is 3.47. The van der Waals surface area contributed by atoms with Crippen LogP contribution in [0.2, 0.25) is 0 Å². The fraction of sp³-hybridized carbons (Fsp3) is 0.667. The number of esters is 1. The number of rotatable bonds is 14. The van der Waals surface area contributed by atoms with Crippen LogP contribution in [0, 0.1) is 0 Å². The highest BCUT2D eigenvalue weighted by atomic mass is 35.5. The normalized spacial score (nSPS) is 15.9. The third kappa shape index (κ3) is 11.8. The number of carbonyl (C=O) groups excluding carboxylic acids is 1. The molecule has 1 heterocycles. The van der Waals surface area contributed by atoms with Crippen LogP contribution in [0.3, 0.4) is 0 Å². The number of carbonyl (C=O) groups is 1. The van der Waals surface area contributed by atoms with Gasteiger partial charge in [0.2, 0.25) is 0 Å². The second-order valence-corrected chi connectivity index (χ2v) is 9.24. The number of unbranched alkanes of at least 4 members (excludes halogenated alkanes) is 6. The molecule has 3 nitrogen and oxygen atoms in total. The summed E-state index contributed by atoms with van der Waals surface area (Å²) in [6.45, 7) is 8.74. The topological polar surface area (TPSA) is 26.3 Å². The summed E-state index contributed by atoms with van der Waals surface area (Å²) in [6.07, 6.45) is 15.8. The fourth-order valence-corrected chi connectivity index (χ4v) is 4.49. The van der Waals surface area contributed by atoms with E-state index in [0.717, 1.165) is 37.0 Å². The van der Waals surface area contributed by atoms with Gasteiger partial charge in [-0.2, -0.15) is 0 Å². The van der Waals surface area contributed by atoms with E-state index in [2.05, 4.69) is 50.3 Å². The number of halogens is 1. The lowest BCUT2D eigenvalue weighted by atomic mass is 10.0. The van der Waals surface area contributed by atoms with Crippen molar-refractivity contribution >= 4 is 5.97 Å². The first-order chi connectivity index (χ1) is 14.6. The minimum absolute atomic E-state index is 0. The third-order valence-electron chi connectivity index (χ3n) is 6.39. The van der Waals surface area contributed by atoms with Gasteiger partial charge in [0.25, 0.3) is 0 Å². The van der Waals surface area contributed by atoms with Crippen LogP contribution < -0.4 is 12.4 Å². The molecule has 1 saturated heterocycles. The van der Waals surface area contributed by atoms with Crippen LogP contribution in [-0.4, -0.2) is 43.2 Å². The zero-order valence-electron chi connectivity index (χ0n) is 19.9. The van der Waals surface area contributed by atoms with E-state index >= 15 is 0 Å². The van der Waals surface area contributed by atoms with Crippen molar-refractivity contribution in [3.63, 3.8) is 0 Å². The molecule has 2 rings (SSSR count). The Bertz CT molecular complexity index is 623. The first-order valence-electron chi connectivity index (χ1n) is 12.3. The van der Waals surface area contributed by atoms with E-state index in [1.54, 1.807) is 0 Å². The van der Waals surface area contributed by atoms with Crippen molar-refractivity contribution in [2.75, 3.05) is 32.8 Å². The number of ether oxygens (including phenoxy) is 1. The van der Waals surface area contributed by atoms with E-state index in [4.69, 9.17) is 4.74 Å². The summed E-state index contributed by atoms with van der Waals surface area (Å²) in [5, 5.41) is 0. The molecule has 0 bridgehead atoms. The van der Waals surface area contributed by atoms with E-state index in [9.17, 15) is 4.79 Å². The molecule has 1 aliphatic rings. The SMILES string of the molecule is CCCCCCCCCOC(=O)C[N+]1(C/C=C(\C)Cc2ccccc2)CCCCC1.[Cl-]. The highest BCUT2D eigenvalue weighted by Gasteiger charge is 2.32. The number of likely N-dealkylation sites (tertiary alicyclic amines) is 1. The van der Waals surface area contributed by atoms with E-state index in [1.165, 1.54) is 68.9 Å². The van der Waals surface area contributed by atoms with Gasteiger partial charge in [-0.3, -0.25) is 0 Å². The monoisotopic (exact) mass is 449 g/mol. The molecule has 31 heavy (non-hydrogen) atoms. The second kappa shape index (κ2) is 16.3. The maximum Gasteiger partial charge on any atom is 0.361 e. The molecule has 0 aliphatic carbocycles. The Hall–Kier alpha value is -1.32. The molecule has 0 aromatic heterocycles. The molecule has 0 N–H and O–H groups in total. The number of nitrogens with zero attached hydrogens (tertiary/aromatic N) is 1. The third-order valence-corrected chi connectivity index (χ3v) is 6.39. The molecular formula is C27H44ClNO2. The van der Waals surface area contributed by atoms with Crippen LogP contribution in [0.4, 0.5) is 0 Å². The number of hydrogen-bond donors (Lipinski definition) is 0. The molecule has 0 radical (unpaired) electrons. The van der Waals surface area contributed by atoms with Gasteiger partial charge in [-0.25, -0.2) is 4.79 Å². The quantitative estimate of drug-likeness (QED) is 0.188. The molecule has 1 aliphatic heterocycles. The zero-order chi connectivity index (χ0) is 21.5. The van der Waals surface area contributed by atoms with E-state index < -0.39 is 0 Å². The highest BCUT2D eigenvalue weighted by molar-refractivity contribution is 5.70. The van der Waals surface area contributed by atoms with Crippen molar-refractivity contribution in [1.29, 1.82) is 0 Å². The Morgan fingerprint density at radius 3 is 2.29 bits per heavy atom. The van der Waals surface area contributed by atoms with E-state index in [1.807, 2.05) is 0 Å². The van der Waals surface area contributed by atoms with Gasteiger partial charge in [0.15, 0.2) is 6.54 Å². The van der Waals surface area contributed by atoms with Crippen molar-refractivity contribution in [3.8, 4) is 0 Å². The van der Waals surface area contributed by atoms with Crippen molar-refractivity contribution < 1.29 is 26.4 Å². The van der Waals surface area contributed by atoms with Crippen molar-refractivity contribution in [2.45, 2.75) is 84.5 Å². The minimum Gasteiger partial charge on any atom is -1.00 e. The Labute approximate surface area is 197 Å². The van der Waals surface area contributed by atoms with Gasteiger partial charge >= 0.3 is 5.97 Å². The van der Waals surface area contributed by atoms with Gasteiger partial charge in [0, 0.05) is 0 Å². The molecule has 0 atom stereocenters. The number of quaternary nitrogens is 1. The number of piperidine rings is 1. The Morgan fingerprint density at radius 1 is 0.968 bits per heavy atom. The summed E-state index contributed by atoms with van der Waals surface area (Å²) in [4.78, 5) is 12.6. The van der Waals surface area contributed by atoms with E-state index in [0.29, 0.717) is 13.2 Å². The second-order valence-electron chi connectivity index (χ2n) is 9.24. The standard InChI is InChI=1S/C27H44NO2.ClH/c1-3-4-5-6-7-8-15-22-30-27(29)24-28(19-13-10-14-20-28)21-18-25(2)23-26-16-11-9-12-17-26;/h9,11-12,16-18H,3-8,10,13-15,19-24H2,1-2H3;1H/q+1;/p-1/b25-18+;. The lowest BCUT2D eigenvalue weighted by Crippen LogP contribution is -3.00. The zero-order valence-corrected chi connectivity index (χ0v) is 20.7. The molecule has 0 unspecified atom stereocenters. The summed E-state index contributed by atoms with van der Waals surface area (Å²) >= 11 is 0. The number of allylic oxidation sites excluding steroid dienone is 1. The van der Waals surface area contributed by atoms with Gasteiger partial charge in [0.1, 0.15) is 0 Å². The molecule has 1 aromatic carbocycles. The van der Waals surface area contributed by atoms with Gasteiger partial charge in [-0.1, -0.05) is 81.4 Å². The predicted molar refractivity (Wildman–Crippen MR) is 126 cm³/mol. The van der Waals surface area contributed by atoms with Crippen LogP contribution in [0.15, 0.2) is 42.0 Å². The Balaban J connectivity index is 0.00000480. The van der Waals surface area contributed by atoms with Gasteiger partial charge < -0.3 is 21.6 Å². The molecule has 176 valence electrons. The average molecular weight is 450 g/mol. The maximum atomic E-state index is 12.6. The molecule has 1 fully saturated rings. The first kappa shape index (κ1) is 27.7. The molecule has 1 aromatic rings. The van der Waals surface area contributed by atoms with Crippen LogP contribution >= 0.6 is 0 Å². The summed E-state index contributed by atoms with van der Waals surface area (Å²) in [6, 6.07) is 10.6. The van der Waals surface area contributed by atoms with Crippen LogP contribution in [-0.2, 0) is 16.0 Å². The molecule has 0 spiro atoms. The molecule has 4 heteroatoms. The number of hydrogen-bond acceptors (Lipinski definition) is 2. The van der Waals surface area contributed by atoms with Crippen molar-refractivity contribution in [2.24, 2.45) is 0 Å². The smallest absolute Gasteiger partial charge is 0.361 e. The van der Waals surface area contributed by atoms with Crippen LogP contribution in [0.25, 0.3) is 0 Å².